The van der Waals surface area contributed by atoms with Gasteiger partial charge in [-0.1, -0.05) is 49.8 Å². The number of carbonyl (C=O) groups excluding carboxylic acids is 1. The van der Waals surface area contributed by atoms with Crippen molar-refractivity contribution < 1.29 is 9.53 Å². The Kier molecular flexibility index (Phi) is 14.2. The number of nitrogens with zero attached hydrogens (tertiary/aromatic N) is 2. The van der Waals surface area contributed by atoms with E-state index >= 15 is 0 Å². The molecule has 5 heteroatoms. The number of ether oxygens (including phenoxy) is 1. The maximum absolute atomic E-state index is 11.8. The van der Waals surface area contributed by atoms with Crippen LogP contribution in [0, 0.1) is 6.92 Å². The van der Waals surface area contributed by atoms with Gasteiger partial charge in [0, 0.05) is 44.8 Å². The molecular weight excluding hydrogens is 410 g/mol. The van der Waals surface area contributed by atoms with Crippen molar-refractivity contribution in [2.45, 2.75) is 66.7 Å². The van der Waals surface area contributed by atoms with Gasteiger partial charge in [0.25, 0.3) is 0 Å². The van der Waals surface area contributed by atoms with E-state index < -0.39 is 0 Å². The molecule has 0 spiro atoms. The highest BCUT2D eigenvalue weighted by Gasteiger charge is 2.10. The summed E-state index contributed by atoms with van der Waals surface area (Å²) in [6.45, 7) is 12.1. The van der Waals surface area contributed by atoms with E-state index in [4.69, 9.17) is 4.74 Å². The number of hydrogen-bond donors (Lipinski definition) is 1. The lowest BCUT2D eigenvalue weighted by Crippen LogP contribution is -2.24. The quantitative estimate of drug-likeness (QED) is 0.287. The largest absolute Gasteiger partial charge is 0.381 e. The molecule has 1 atom stereocenters. The Morgan fingerprint density at radius 2 is 1.94 bits per heavy atom. The van der Waals surface area contributed by atoms with Crippen molar-refractivity contribution in [2.75, 3.05) is 19.0 Å². The smallest absolute Gasteiger partial charge is 0.210 e. The molecule has 1 aromatic carbocycles. The molecule has 0 saturated carbocycles. The van der Waals surface area contributed by atoms with Crippen molar-refractivity contribution in [1.29, 1.82) is 0 Å². The topological polar surface area (TPSA) is 54.5 Å². The van der Waals surface area contributed by atoms with Gasteiger partial charge in [-0.2, -0.15) is 0 Å². The van der Waals surface area contributed by atoms with Crippen LogP contribution in [0.15, 0.2) is 66.5 Å². The highest BCUT2D eigenvalue weighted by molar-refractivity contribution is 5.55. The Balaban J connectivity index is 0.00000265. The van der Waals surface area contributed by atoms with Gasteiger partial charge >= 0.3 is 0 Å². The fraction of sp³-hybridized carbons (Fsp3) is 0.429. The molecule has 180 valence electrons. The van der Waals surface area contributed by atoms with E-state index in [1.807, 2.05) is 39.0 Å². The predicted molar refractivity (Wildman–Crippen MR) is 139 cm³/mol. The van der Waals surface area contributed by atoms with Crippen LogP contribution in [0.1, 0.15) is 57.2 Å². The molecular formula is C28H41N3O2. The Bertz CT molecular complexity index is 863. The SMILES string of the molecule is C/C=C\CCC(/C=C(\C)CN(C=O)Cc1cccc(NCc2ccncc2)c1C)OC.CC. The monoisotopic (exact) mass is 451 g/mol. The zero-order valence-corrected chi connectivity index (χ0v) is 21.2. The number of allylic oxidation sites excluding steroid dienone is 2. The molecule has 0 bridgehead atoms. The number of aromatic nitrogens is 1. The van der Waals surface area contributed by atoms with Gasteiger partial charge in [-0.3, -0.25) is 9.78 Å². The van der Waals surface area contributed by atoms with Gasteiger partial charge in [0.2, 0.25) is 6.41 Å². The van der Waals surface area contributed by atoms with Crippen LogP contribution in [0.5, 0.6) is 0 Å². The third-order valence-electron chi connectivity index (χ3n) is 5.28. The van der Waals surface area contributed by atoms with Crippen LogP contribution in [0.25, 0.3) is 0 Å². The minimum Gasteiger partial charge on any atom is -0.381 e. The summed E-state index contributed by atoms with van der Waals surface area (Å²) in [4.78, 5) is 17.6. The van der Waals surface area contributed by atoms with Gasteiger partial charge in [0.05, 0.1) is 6.10 Å². The summed E-state index contributed by atoms with van der Waals surface area (Å²) in [6, 6.07) is 10.2. The standard InChI is InChI=1S/C26H35N3O2.C2H6/c1-5-6-7-10-25(31-4)16-21(2)18-29(20-30)19-24-9-8-11-26(22(24)3)28-17-23-12-14-27-15-13-23;1-2/h5-6,8-9,11-16,20,25,28H,7,10,17-19H2,1-4H3;1-2H3/b6-5-,21-16+;. The summed E-state index contributed by atoms with van der Waals surface area (Å²) >= 11 is 0. The molecule has 0 aliphatic carbocycles. The van der Waals surface area contributed by atoms with E-state index in [1.54, 1.807) is 24.4 Å². The minimum atomic E-state index is 0.0622. The molecule has 0 aliphatic rings. The van der Waals surface area contributed by atoms with Crippen LogP contribution in [0.3, 0.4) is 0 Å². The van der Waals surface area contributed by atoms with Gasteiger partial charge in [-0.25, -0.2) is 0 Å². The summed E-state index contributed by atoms with van der Waals surface area (Å²) in [5, 5.41) is 3.49. The lowest BCUT2D eigenvalue weighted by atomic mass is 10.1. The van der Waals surface area contributed by atoms with E-state index in [9.17, 15) is 4.79 Å². The molecule has 1 N–H and O–H groups in total. The molecule has 5 nitrogen and oxygen atoms in total. The van der Waals surface area contributed by atoms with Crippen molar-refractivity contribution >= 4 is 12.1 Å². The number of hydrogen-bond acceptors (Lipinski definition) is 4. The van der Waals surface area contributed by atoms with E-state index in [2.05, 4.69) is 54.5 Å². The molecule has 0 aliphatic heterocycles. The van der Waals surface area contributed by atoms with E-state index in [-0.39, 0.29) is 6.10 Å². The molecule has 0 fully saturated rings. The second-order valence-corrected chi connectivity index (χ2v) is 7.74. The fourth-order valence-corrected chi connectivity index (χ4v) is 3.48. The number of pyridine rings is 1. The van der Waals surface area contributed by atoms with Gasteiger partial charge in [-0.15, -0.1) is 0 Å². The summed E-state index contributed by atoms with van der Waals surface area (Å²) in [7, 11) is 1.73. The van der Waals surface area contributed by atoms with Crippen LogP contribution in [0.4, 0.5) is 5.69 Å². The van der Waals surface area contributed by atoms with Gasteiger partial charge in [-0.05, 0) is 68.5 Å². The third kappa shape index (κ3) is 10.5. The van der Waals surface area contributed by atoms with Gasteiger partial charge in [0.15, 0.2) is 0 Å². The molecule has 0 radical (unpaired) electrons. The number of methoxy groups -OCH3 is 1. The Morgan fingerprint density at radius 3 is 2.58 bits per heavy atom. The first-order valence-electron chi connectivity index (χ1n) is 11.8. The molecule has 1 unspecified atom stereocenters. The van der Waals surface area contributed by atoms with E-state index in [1.165, 1.54) is 5.56 Å². The van der Waals surface area contributed by atoms with Crippen LogP contribution in [-0.4, -0.2) is 36.1 Å². The van der Waals surface area contributed by atoms with Crippen molar-refractivity contribution in [3.05, 3.63) is 83.2 Å². The van der Waals surface area contributed by atoms with Crippen LogP contribution >= 0.6 is 0 Å². The van der Waals surface area contributed by atoms with Gasteiger partial charge < -0.3 is 15.0 Å². The van der Waals surface area contributed by atoms with Crippen molar-refractivity contribution in [1.82, 2.24) is 9.88 Å². The number of nitrogens with one attached hydrogen (secondary N) is 1. The highest BCUT2D eigenvalue weighted by Crippen LogP contribution is 2.21. The zero-order valence-electron chi connectivity index (χ0n) is 21.2. The number of rotatable bonds is 13. The Morgan fingerprint density at radius 1 is 1.21 bits per heavy atom. The maximum atomic E-state index is 11.8. The maximum Gasteiger partial charge on any atom is 0.210 e. The first kappa shape index (κ1) is 28.1. The Labute approximate surface area is 200 Å². The van der Waals surface area contributed by atoms with Crippen molar-refractivity contribution in [3.8, 4) is 0 Å². The number of amides is 1. The predicted octanol–water partition coefficient (Wildman–Crippen LogP) is 6.30. The molecule has 33 heavy (non-hydrogen) atoms. The normalized spacial score (nSPS) is 12.1. The second-order valence-electron chi connectivity index (χ2n) is 7.74. The lowest BCUT2D eigenvalue weighted by molar-refractivity contribution is -0.118. The molecule has 1 heterocycles. The number of anilines is 1. The zero-order chi connectivity index (χ0) is 24.5. The van der Waals surface area contributed by atoms with E-state index in [0.29, 0.717) is 13.1 Å². The van der Waals surface area contributed by atoms with Gasteiger partial charge in [0.1, 0.15) is 0 Å². The lowest BCUT2D eigenvalue weighted by Gasteiger charge is -2.21. The highest BCUT2D eigenvalue weighted by atomic mass is 16.5. The van der Waals surface area contributed by atoms with E-state index in [0.717, 1.165) is 48.2 Å². The molecule has 1 aromatic heterocycles. The fourth-order valence-electron chi connectivity index (χ4n) is 3.48. The molecule has 2 aromatic rings. The molecule has 2 rings (SSSR count). The number of benzene rings is 1. The van der Waals surface area contributed by atoms with Crippen molar-refractivity contribution in [2.24, 2.45) is 0 Å². The molecule has 0 saturated heterocycles. The van der Waals surface area contributed by atoms with Crippen LogP contribution in [0.2, 0.25) is 0 Å². The first-order chi connectivity index (χ1) is 16.1. The molecule has 1 amide bonds. The number of carbonyl (C=O) groups is 1. The second kappa shape index (κ2) is 16.7. The summed E-state index contributed by atoms with van der Waals surface area (Å²) in [6.07, 6.45) is 12.8. The minimum absolute atomic E-state index is 0.0622. The Hall–Kier alpha value is -2.92. The summed E-state index contributed by atoms with van der Waals surface area (Å²) in [5.74, 6) is 0. The average Bonchev–Trinajstić information content (AvgIpc) is 2.85. The summed E-state index contributed by atoms with van der Waals surface area (Å²) < 4.78 is 5.57. The van der Waals surface area contributed by atoms with Crippen LogP contribution < -0.4 is 5.32 Å². The summed E-state index contributed by atoms with van der Waals surface area (Å²) in [5.41, 5.74) is 5.68. The van der Waals surface area contributed by atoms with Crippen molar-refractivity contribution in [3.63, 3.8) is 0 Å². The van der Waals surface area contributed by atoms with Crippen LogP contribution in [-0.2, 0) is 22.6 Å². The average molecular weight is 452 g/mol. The first-order valence-corrected chi connectivity index (χ1v) is 11.8. The third-order valence-corrected chi connectivity index (χ3v) is 5.28.